The van der Waals surface area contributed by atoms with Crippen molar-refractivity contribution < 1.29 is 9.59 Å². The molecule has 1 atom stereocenters. The molecular formula is C22H23N5O2S. The number of thioether (sulfide) groups is 1. The van der Waals surface area contributed by atoms with Crippen LogP contribution >= 0.6 is 11.8 Å². The predicted molar refractivity (Wildman–Crippen MR) is 118 cm³/mol. The number of imide groups is 1. The van der Waals surface area contributed by atoms with Gasteiger partial charge in [0.05, 0.1) is 5.25 Å². The molecule has 30 heavy (non-hydrogen) atoms. The highest BCUT2D eigenvalue weighted by Crippen LogP contribution is 2.26. The Balaban J connectivity index is 1.61. The highest BCUT2D eigenvalue weighted by molar-refractivity contribution is 8.00. The van der Waals surface area contributed by atoms with Gasteiger partial charge < -0.3 is 5.32 Å². The number of nitrogens with zero attached hydrogens (tertiary/aromatic N) is 3. The molecule has 0 radical (unpaired) electrons. The number of urea groups is 1. The predicted octanol–water partition coefficient (Wildman–Crippen LogP) is 3.64. The fourth-order valence-electron chi connectivity index (χ4n) is 2.72. The Hall–Kier alpha value is -3.39. The lowest BCUT2D eigenvalue weighted by atomic mass is 10.2. The maximum atomic E-state index is 12.4. The molecule has 8 heteroatoms. The number of aromatic nitrogens is 3. The first kappa shape index (κ1) is 21.3. The van der Waals surface area contributed by atoms with Crippen LogP contribution in [-0.4, -0.2) is 32.0 Å². The zero-order valence-electron chi connectivity index (χ0n) is 16.6. The normalized spacial score (nSPS) is 11.5. The van der Waals surface area contributed by atoms with E-state index in [4.69, 9.17) is 0 Å². The fraction of sp³-hybridized carbons (Fsp3) is 0.182. The smallest absolute Gasteiger partial charge is 0.321 e. The summed E-state index contributed by atoms with van der Waals surface area (Å²) in [7, 11) is 0. The number of allylic oxidation sites excluding steroid dienone is 1. The van der Waals surface area contributed by atoms with Crippen LogP contribution in [0.1, 0.15) is 12.5 Å². The van der Waals surface area contributed by atoms with E-state index in [9.17, 15) is 9.59 Å². The Bertz CT molecular complexity index is 1000. The van der Waals surface area contributed by atoms with Gasteiger partial charge in [0, 0.05) is 18.7 Å². The van der Waals surface area contributed by atoms with Crippen molar-refractivity contribution in [3.8, 4) is 11.4 Å². The molecule has 0 aliphatic rings. The van der Waals surface area contributed by atoms with Gasteiger partial charge in [-0.1, -0.05) is 78.5 Å². The fourth-order valence-corrected chi connectivity index (χ4v) is 3.58. The second-order valence-corrected chi connectivity index (χ2v) is 7.80. The van der Waals surface area contributed by atoms with E-state index in [1.807, 2.05) is 65.2 Å². The summed E-state index contributed by atoms with van der Waals surface area (Å²) in [6.45, 7) is 6.36. The van der Waals surface area contributed by atoms with Crippen molar-refractivity contribution in [2.75, 3.05) is 0 Å². The molecule has 1 aromatic heterocycles. The lowest BCUT2D eigenvalue weighted by Crippen LogP contribution is -2.42. The molecule has 0 fully saturated rings. The number of amides is 3. The summed E-state index contributed by atoms with van der Waals surface area (Å²) < 4.78 is 1.90. The summed E-state index contributed by atoms with van der Waals surface area (Å²) in [5, 5.41) is 13.6. The Morgan fingerprint density at radius 2 is 1.77 bits per heavy atom. The summed E-state index contributed by atoms with van der Waals surface area (Å²) >= 11 is 1.24. The molecule has 2 aromatic carbocycles. The van der Waals surface area contributed by atoms with Crippen LogP contribution in [0.5, 0.6) is 0 Å². The minimum atomic E-state index is -0.538. The third kappa shape index (κ3) is 5.57. The van der Waals surface area contributed by atoms with Gasteiger partial charge in [-0.2, -0.15) is 0 Å². The molecular weight excluding hydrogens is 398 g/mol. The van der Waals surface area contributed by atoms with Crippen molar-refractivity contribution in [1.29, 1.82) is 0 Å². The summed E-state index contributed by atoms with van der Waals surface area (Å²) in [5.41, 5.74) is 1.88. The number of nitrogens with one attached hydrogen (secondary N) is 2. The van der Waals surface area contributed by atoms with Crippen LogP contribution in [0.4, 0.5) is 4.79 Å². The van der Waals surface area contributed by atoms with Gasteiger partial charge in [-0.3, -0.25) is 14.7 Å². The quantitative estimate of drug-likeness (QED) is 0.428. The van der Waals surface area contributed by atoms with Gasteiger partial charge in [0.1, 0.15) is 0 Å². The van der Waals surface area contributed by atoms with Crippen molar-refractivity contribution in [2.45, 2.75) is 30.4 Å². The lowest BCUT2D eigenvalue weighted by Gasteiger charge is -2.13. The van der Waals surface area contributed by atoms with Gasteiger partial charge in [0.2, 0.25) is 5.91 Å². The number of benzene rings is 2. The van der Waals surface area contributed by atoms with Crippen molar-refractivity contribution >= 4 is 23.7 Å². The van der Waals surface area contributed by atoms with Crippen molar-refractivity contribution in [2.24, 2.45) is 0 Å². The second kappa shape index (κ2) is 10.4. The van der Waals surface area contributed by atoms with Crippen molar-refractivity contribution in [3.63, 3.8) is 0 Å². The molecule has 0 saturated heterocycles. The highest BCUT2D eigenvalue weighted by Gasteiger charge is 2.21. The average Bonchev–Trinajstić information content (AvgIpc) is 3.16. The molecule has 1 heterocycles. The van der Waals surface area contributed by atoms with Crippen LogP contribution in [0.25, 0.3) is 11.4 Å². The van der Waals surface area contributed by atoms with E-state index in [1.165, 1.54) is 11.8 Å². The Morgan fingerprint density at radius 1 is 1.10 bits per heavy atom. The number of carbonyl (C=O) groups excluding carboxylic acids is 2. The maximum Gasteiger partial charge on any atom is 0.321 e. The first-order valence-electron chi connectivity index (χ1n) is 9.47. The average molecular weight is 422 g/mol. The van der Waals surface area contributed by atoms with E-state index in [1.54, 1.807) is 13.0 Å². The molecule has 0 aliphatic carbocycles. The van der Waals surface area contributed by atoms with Crippen LogP contribution in [0.3, 0.4) is 0 Å². The minimum absolute atomic E-state index is 0.343. The van der Waals surface area contributed by atoms with Crippen LogP contribution in [0, 0.1) is 0 Å². The SMILES string of the molecule is C=CCn1c(S[C@H](C)C(=O)NC(=O)NCc2ccccc2)nnc1-c1ccccc1. The summed E-state index contributed by atoms with van der Waals surface area (Å²) in [6.07, 6.45) is 1.75. The molecule has 7 nitrogen and oxygen atoms in total. The molecule has 3 amide bonds. The number of rotatable bonds is 8. The molecule has 154 valence electrons. The molecule has 0 bridgehead atoms. The van der Waals surface area contributed by atoms with E-state index in [0.717, 1.165) is 11.1 Å². The van der Waals surface area contributed by atoms with E-state index < -0.39 is 17.2 Å². The monoisotopic (exact) mass is 421 g/mol. The van der Waals surface area contributed by atoms with Gasteiger partial charge in [0.15, 0.2) is 11.0 Å². The largest absolute Gasteiger partial charge is 0.334 e. The molecule has 3 aromatic rings. The first-order valence-corrected chi connectivity index (χ1v) is 10.3. The zero-order chi connectivity index (χ0) is 21.3. The third-order valence-corrected chi connectivity index (χ3v) is 5.33. The van der Waals surface area contributed by atoms with Crippen LogP contribution in [-0.2, 0) is 17.9 Å². The molecule has 0 aliphatic heterocycles. The van der Waals surface area contributed by atoms with Gasteiger partial charge in [-0.05, 0) is 12.5 Å². The van der Waals surface area contributed by atoms with E-state index in [-0.39, 0.29) is 0 Å². The second-order valence-electron chi connectivity index (χ2n) is 6.49. The van der Waals surface area contributed by atoms with Crippen LogP contribution in [0.15, 0.2) is 78.5 Å². The van der Waals surface area contributed by atoms with E-state index in [2.05, 4.69) is 27.4 Å². The Kier molecular flexibility index (Phi) is 7.40. The third-order valence-electron chi connectivity index (χ3n) is 4.24. The topological polar surface area (TPSA) is 88.9 Å². The number of hydrogen-bond donors (Lipinski definition) is 2. The Labute approximate surface area is 179 Å². The van der Waals surface area contributed by atoms with E-state index in [0.29, 0.717) is 24.1 Å². The van der Waals surface area contributed by atoms with Gasteiger partial charge >= 0.3 is 6.03 Å². The minimum Gasteiger partial charge on any atom is -0.334 e. The lowest BCUT2D eigenvalue weighted by molar-refractivity contribution is -0.119. The standard InChI is InChI=1S/C22H23N5O2S/c1-3-14-27-19(18-12-8-5-9-13-18)25-26-22(27)30-16(2)20(28)24-21(29)23-15-17-10-6-4-7-11-17/h3-13,16H,1,14-15H2,2H3,(H2,23,24,28,29)/t16-/m1/s1. The highest BCUT2D eigenvalue weighted by atomic mass is 32.2. The van der Waals surface area contributed by atoms with Crippen LogP contribution in [0.2, 0.25) is 0 Å². The summed E-state index contributed by atoms with van der Waals surface area (Å²) in [6, 6.07) is 18.6. The summed E-state index contributed by atoms with van der Waals surface area (Å²) in [4.78, 5) is 24.5. The number of hydrogen-bond acceptors (Lipinski definition) is 5. The molecule has 0 spiro atoms. The Morgan fingerprint density at radius 3 is 2.43 bits per heavy atom. The summed E-state index contributed by atoms with van der Waals surface area (Å²) in [5.74, 6) is 0.297. The van der Waals surface area contributed by atoms with Crippen LogP contribution < -0.4 is 10.6 Å². The number of carbonyl (C=O) groups is 2. The molecule has 2 N–H and O–H groups in total. The first-order chi connectivity index (χ1) is 14.6. The van der Waals surface area contributed by atoms with Crippen molar-refractivity contribution in [1.82, 2.24) is 25.4 Å². The molecule has 0 saturated carbocycles. The van der Waals surface area contributed by atoms with Gasteiger partial charge in [-0.15, -0.1) is 16.8 Å². The van der Waals surface area contributed by atoms with Gasteiger partial charge in [-0.25, -0.2) is 4.79 Å². The molecule has 0 unspecified atom stereocenters. The van der Waals surface area contributed by atoms with Crippen molar-refractivity contribution in [3.05, 3.63) is 78.9 Å². The molecule has 3 rings (SSSR count). The maximum absolute atomic E-state index is 12.4. The van der Waals surface area contributed by atoms with E-state index >= 15 is 0 Å². The van der Waals surface area contributed by atoms with Gasteiger partial charge in [0.25, 0.3) is 0 Å². The zero-order valence-corrected chi connectivity index (χ0v) is 17.4.